The van der Waals surface area contributed by atoms with Gasteiger partial charge in [0, 0.05) is 35.2 Å². The number of Topliss-reactive ketones (excluding diaryl/α,β-unsaturated/α-hetero) is 1. The van der Waals surface area contributed by atoms with Gasteiger partial charge in [-0.2, -0.15) is 0 Å². The quantitative estimate of drug-likeness (QED) is 0.646. The Balaban J connectivity index is 1.81. The number of methoxy groups -OCH3 is 1. The maximum atomic E-state index is 13.6. The Hall–Kier alpha value is -3.54. The number of esters is 1. The van der Waals surface area contributed by atoms with Crippen molar-refractivity contribution in [2.75, 3.05) is 7.11 Å². The van der Waals surface area contributed by atoms with Crippen molar-refractivity contribution in [2.24, 2.45) is 0 Å². The van der Waals surface area contributed by atoms with Gasteiger partial charge in [-0.3, -0.25) is 4.79 Å². The normalized spacial score (nSPS) is 20.5. The summed E-state index contributed by atoms with van der Waals surface area (Å²) in [6, 6.07) is 14.5. The van der Waals surface area contributed by atoms with Gasteiger partial charge in [0.1, 0.15) is 11.5 Å². The molecular weight excluding hydrogens is 418 g/mol. The lowest BCUT2D eigenvalue weighted by atomic mass is 9.71. The van der Waals surface area contributed by atoms with Crippen LogP contribution >= 0.6 is 0 Å². The number of aromatic hydroxyl groups is 1. The van der Waals surface area contributed by atoms with Crippen LogP contribution in [0.3, 0.4) is 0 Å². The van der Waals surface area contributed by atoms with Gasteiger partial charge in [-0.1, -0.05) is 30.3 Å². The number of nitrogens with one attached hydrogen (secondary N) is 1. The molecule has 2 aromatic rings. The van der Waals surface area contributed by atoms with E-state index in [0.717, 1.165) is 17.0 Å². The van der Waals surface area contributed by atoms with Crippen LogP contribution in [0, 0.1) is 0 Å². The van der Waals surface area contributed by atoms with Crippen LogP contribution in [0.5, 0.6) is 11.5 Å². The van der Waals surface area contributed by atoms with E-state index in [9.17, 15) is 14.7 Å². The Morgan fingerprint density at radius 1 is 1.12 bits per heavy atom. The second-order valence-corrected chi connectivity index (χ2v) is 8.81. The summed E-state index contributed by atoms with van der Waals surface area (Å²) in [4.78, 5) is 26.7. The van der Waals surface area contributed by atoms with Crippen LogP contribution in [0.1, 0.15) is 56.6 Å². The lowest BCUT2D eigenvalue weighted by Crippen LogP contribution is -2.36. The third-order valence-corrected chi connectivity index (χ3v) is 6.17. The minimum absolute atomic E-state index is 0.0321. The van der Waals surface area contributed by atoms with Gasteiger partial charge in [0.05, 0.1) is 18.8 Å². The first-order valence-corrected chi connectivity index (χ1v) is 11.2. The summed E-state index contributed by atoms with van der Waals surface area (Å²) in [5, 5.41) is 13.5. The monoisotopic (exact) mass is 447 g/mol. The zero-order valence-electron chi connectivity index (χ0n) is 19.3. The Kier molecular flexibility index (Phi) is 6.27. The average molecular weight is 448 g/mol. The number of phenolic OH excluding ortho intramolecular Hbond substituents is 1. The lowest BCUT2D eigenvalue weighted by molar-refractivity contribution is -0.143. The van der Waals surface area contributed by atoms with Crippen LogP contribution in [-0.2, 0) is 14.3 Å². The van der Waals surface area contributed by atoms with E-state index in [-0.39, 0.29) is 23.6 Å². The molecule has 0 saturated heterocycles. The Bertz CT molecular complexity index is 1160. The van der Waals surface area contributed by atoms with Crippen molar-refractivity contribution in [1.82, 2.24) is 5.32 Å². The third-order valence-electron chi connectivity index (χ3n) is 6.17. The van der Waals surface area contributed by atoms with Gasteiger partial charge in [-0.25, -0.2) is 4.79 Å². The number of carbonyl (C=O) groups excluding carboxylic acids is 2. The highest BCUT2D eigenvalue weighted by molar-refractivity contribution is 6.04. The summed E-state index contributed by atoms with van der Waals surface area (Å²) >= 11 is 0. The molecule has 4 rings (SSSR count). The van der Waals surface area contributed by atoms with E-state index in [1.54, 1.807) is 39.2 Å². The minimum atomic E-state index is -0.606. The van der Waals surface area contributed by atoms with Crippen molar-refractivity contribution < 1.29 is 24.2 Å². The van der Waals surface area contributed by atoms with E-state index < -0.39 is 11.9 Å². The zero-order valence-corrected chi connectivity index (χ0v) is 19.3. The van der Waals surface area contributed by atoms with Gasteiger partial charge >= 0.3 is 5.97 Å². The molecule has 1 aliphatic heterocycles. The van der Waals surface area contributed by atoms with Gasteiger partial charge in [0.15, 0.2) is 5.78 Å². The highest BCUT2D eigenvalue weighted by atomic mass is 16.5. The molecule has 2 N–H and O–H groups in total. The molecule has 6 nitrogen and oxygen atoms in total. The number of para-hydroxylation sites is 1. The first-order chi connectivity index (χ1) is 15.8. The molecular formula is C27H29NO5. The molecule has 6 heteroatoms. The van der Waals surface area contributed by atoms with Crippen molar-refractivity contribution in [3.8, 4) is 11.5 Å². The smallest absolute Gasteiger partial charge is 0.337 e. The molecule has 172 valence electrons. The molecule has 0 fully saturated rings. The highest BCUT2D eigenvalue weighted by Gasteiger charge is 2.42. The van der Waals surface area contributed by atoms with Gasteiger partial charge in [-0.15, -0.1) is 0 Å². The van der Waals surface area contributed by atoms with Gasteiger partial charge in [0.2, 0.25) is 0 Å². The highest BCUT2D eigenvalue weighted by Crippen LogP contribution is 2.47. The van der Waals surface area contributed by atoms with Gasteiger partial charge in [0.25, 0.3) is 0 Å². The van der Waals surface area contributed by atoms with Crippen molar-refractivity contribution in [3.63, 3.8) is 0 Å². The number of hydrogen-bond donors (Lipinski definition) is 2. The predicted octanol–water partition coefficient (Wildman–Crippen LogP) is 4.71. The summed E-state index contributed by atoms with van der Waals surface area (Å²) in [6.45, 7) is 5.41. The molecule has 0 aromatic heterocycles. The first-order valence-electron chi connectivity index (χ1n) is 11.2. The molecule has 0 bridgehead atoms. The standard InChI is InChI=1S/C27H29NO5/c1-15(2)33-27(31)24-16(3)28-21-13-18(20-10-5-6-11-23(20)32-4)14-22(30)26(21)25(24)17-8-7-9-19(29)12-17/h5-12,15,18,25,28-29H,13-14H2,1-4H3/t18-,25+/m0/s1. The number of rotatable bonds is 5. The maximum Gasteiger partial charge on any atom is 0.337 e. The number of allylic oxidation sites excluding steroid dienone is 3. The molecule has 0 saturated carbocycles. The van der Waals surface area contributed by atoms with E-state index in [1.165, 1.54) is 0 Å². The topological polar surface area (TPSA) is 84.9 Å². The molecule has 33 heavy (non-hydrogen) atoms. The van der Waals surface area contributed by atoms with Crippen molar-refractivity contribution in [3.05, 3.63) is 82.2 Å². The van der Waals surface area contributed by atoms with E-state index in [4.69, 9.17) is 9.47 Å². The number of dihydropyridines is 1. The summed E-state index contributed by atoms with van der Waals surface area (Å²) in [5.41, 5.74) is 4.09. The number of phenols is 1. The second kappa shape index (κ2) is 9.14. The van der Waals surface area contributed by atoms with E-state index in [2.05, 4.69) is 5.32 Å². The maximum absolute atomic E-state index is 13.6. The Labute approximate surface area is 193 Å². The molecule has 0 amide bonds. The SMILES string of the molecule is COc1ccccc1[C@@H]1CC(=O)C2=C(C1)NC(C)=C(C(=O)OC(C)C)[C@H]2c1cccc(O)c1. The molecule has 1 heterocycles. The number of hydrogen-bond acceptors (Lipinski definition) is 6. The van der Waals surface area contributed by atoms with E-state index >= 15 is 0 Å². The van der Waals surface area contributed by atoms with Crippen LogP contribution in [0.2, 0.25) is 0 Å². The second-order valence-electron chi connectivity index (χ2n) is 8.81. The molecule has 2 aromatic carbocycles. The molecule has 2 atom stereocenters. The summed E-state index contributed by atoms with van der Waals surface area (Å²) in [7, 11) is 1.63. The van der Waals surface area contributed by atoms with Crippen LogP contribution < -0.4 is 10.1 Å². The molecule has 0 radical (unpaired) electrons. The largest absolute Gasteiger partial charge is 0.508 e. The molecule has 2 aliphatic rings. The lowest BCUT2D eigenvalue weighted by Gasteiger charge is -2.37. The van der Waals surface area contributed by atoms with E-state index in [1.807, 2.05) is 37.3 Å². The predicted molar refractivity (Wildman–Crippen MR) is 125 cm³/mol. The first kappa shape index (κ1) is 22.6. The Morgan fingerprint density at radius 3 is 2.58 bits per heavy atom. The average Bonchev–Trinajstić information content (AvgIpc) is 2.77. The number of benzene rings is 2. The summed E-state index contributed by atoms with van der Waals surface area (Å²) in [5.74, 6) is -0.303. The molecule has 0 unspecified atom stereocenters. The molecule has 0 spiro atoms. The third kappa shape index (κ3) is 4.38. The van der Waals surface area contributed by atoms with E-state index in [0.29, 0.717) is 35.2 Å². The van der Waals surface area contributed by atoms with Crippen LogP contribution in [0.15, 0.2) is 71.1 Å². The molecule has 1 aliphatic carbocycles. The van der Waals surface area contributed by atoms with Crippen molar-refractivity contribution in [2.45, 2.75) is 51.6 Å². The fourth-order valence-electron chi connectivity index (χ4n) is 4.85. The van der Waals surface area contributed by atoms with Gasteiger partial charge in [-0.05, 0) is 56.5 Å². The number of ketones is 1. The number of carbonyl (C=O) groups is 2. The summed E-state index contributed by atoms with van der Waals surface area (Å²) in [6.07, 6.45) is 0.623. The fourth-order valence-corrected chi connectivity index (χ4v) is 4.85. The minimum Gasteiger partial charge on any atom is -0.508 e. The van der Waals surface area contributed by atoms with Gasteiger partial charge < -0.3 is 19.9 Å². The summed E-state index contributed by atoms with van der Waals surface area (Å²) < 4.78 is 11.1. The van der Waals surface area contributed by atoms with Crippen LogP contribution in [0.4, 0.5) is 0 Å². The van der Waals surface area contributed by atoms with Crippen molar-refractivity contribution in [1.29, 1.82) is 0 Å². The Morgan fingerprint density at radius 2 is 1.88 bits per heavy atom. The fraction of sp³-hybridized carbons (Fsp3) is 0.333. The van der Waals surface area contributed by atoms with Crippen LogP contribution in [0.25, 0.3) is 0 Å². The van der Waals surface area contributed by atoms with Crippen molar-refractivity contribution >= 4 is 11.8 Å². The zero-order chi connectivity index (χ0) is 23.7. The van der Waals surface area contributed by atoms with Crippen LogP contribution in [-0.4, -0.2) is 30.1 Å². The number of ether oxygens (including phenoxy) is 2.